The molecule has 92 valence electrons. The zero-order valence-electron chi connectivity index (χ0n) is 9.84. The Labute approximate surface area is 99.6 Å². The fourth-order valence-corrected chi connectivity index (χ4v) is 1.77. The molecule has 1 aromatic carbocycles. The van der Waals surface area contributed by atoms with Gasteiger partial charge in [-0.05, 0) is 12.1 Å². The molecule has 0 bridgehead atoms. The van der Waals surface area contributed by atoms with Crippen molar-refractivity contribution in [2.75, 3.05) is 27.3 Å². The quantitative estimate of drug-likeness (QED) is 0.832. The molecule has 0 radical (unpaired) electrons. The highest BCUT2D eigenvalue weighted by atomic mass is 16.5. The van der Waals surface area contributed by atoms with Crippen LogP contribution in [0.15, 0.2) is 18.2 Å². The van der Waals surface area contributed by atoms with Gasteiger partial charge in [0.25, 0.3) is 5.91 Å². The standard InChI is InChI=1S/C12H15NO4/c1-16-9-3-4-10(11(5-9)17-2)12(15)13-6-8(14)7-13/h3-5,8,14H,6-7H2,1-2H3. The molecular formula is C12H15NO4. The van der Waals surface area contributed by atoms with Gasteiger partial charge in [0, 0.05) is 19.2 Å². The first kappa shape index (κ1) is 11.7. The van der Waals surface area contributed by atoms with E-state index in [4.69, 9.17) is 9.47 Å². The van der Waals surface area contributed by atoms with Crippen LogP contribution in [0.2, 0.25) is 0 Å². The first-order valence-corrected chi connectivity index (χ1v) is 5.35. The Morgan fingerprint density at radius 2 is 2.06 bits per heavy atom. The van der Waals surface area contributed by atoms with Gasteiger partial charge in [0.15, 0.2) is 0 Å². The number of rotatable bonds is 3. The average molecular weight is 237 g/mol. The Hall–Kier alpha value is -1.75. The number of likely N-dealkylation sites (tertiary alicyclic amines) is 1. The molecule has 0 saturated carbocycles. The van der Waals surface area contributed by atoms with Gasteiger partial charge in [-0.2, -0.15) is 0 Å². The molecular weight excluding hydrogens is 222 g/mol. The van der Waals surface area contributed by atoms with Crippen molar-refractivity contribution in [1.82, 2.24) is 4.90 Å². The summed E-state index contributed by atoms with van der Waals surface area (Å²) < 4.78 is 10.2. The lowest BCUT2D eigenvalue weighted by molar-refractivity contribution is 0.00570. The van der Waals surface area contributed by atoms with Crippen LogP contribution in [0.5, 0.6) is 11.5 Å². The molecule has 0 aromatic heterocycles. The van der Waals surface area contributed by atoms with Gasteiger partial charge in [0.05, 0.1) is 25.9 Å². The summed E-state index contributed by atoms with van der Waals surface area (Å²) >= 11 is 0. The predicted molar refractivity (Wildman–Crippen MR) is 61.5 cm³/mol. The fourth-order valence-electron chi connectivity index (χ4n) is 1.77. The monoisotopic (exact) mass is 237 g/mol. The van der Waals surface area contributed by atoms with Gasteiger partial charge >= 0.3 is 0 Å². The molecule has 1 aliphatic heterocycles. The van der Waals surface area contributed by atoms with Gasteiger partial charge in [-0.1, -0.05) is 0 Å². The fraction of sp³-hybridized carbons (Fsp3) is 0.417. The molecule has 0 atom stereocenters. The lowest BCUT2D eigenvalue weighted by Crippen LogP contribution is -2.53. The van der Waals surface area contributed by atoms with Crippen LogP contribution in [0.3, 0.4) is 0 Å². The number of amides is 1. The largest absolute Gasteiger partial charge is 0.497 e. The van der Waals surface area contributed by atoms with Gasteiger partial charge < -0.3 is 19.5 Å². The first-order chi connectivity index (χ1) is 8.15. The van der Waals surface area contributed by atoms with Crippen LogP contribution in [-0.2, 0) is 0 Å². The van der Waals surface area contributed by atoms with Crippen LogP contribution in [0.1, 0.15) is 10.4 Å². The van der Waals surface area contributed by atoms with Crippen molar-refractivity contribution in [1.29, 1.82) is 0 Å². The Morgan fingerprint density at radius 3 is 2.59 bits per heavy atom. The Balaban J connectivity index is 2.22. The normalized spacial score (nSPS) is 15.4. The van der Waals surface area contributed by atoms with Gasteiger partial charge in [-0.3, -0.25) is 4.79 Å². The van der Waals surface area contributed by atoms with E-state index in [-0.39, 0.29) is 5.91 Å². The lowest BCUT2D eigenvalue weighted by atomic mass is 10.1. The molecule has 0 aliphatic carbocycles. The lowest BCUT2D eigenvalue weighted by Gasteiger charge is -2.36. The van der Waals surface area contributed by atoms with Gasteiger partial charge in [-0.15, -0.1) is 0 Å². The van der Waals surface area contributed by atoms with E-state index in [1.165, 1.54) is 7.11 Å². The number of aliphatic hydroxyl groups excluding tert-OH is 1. The molecule has 1 heterocycles. The number of carbonyl (C=O) groups is 1. The summed E-state index contributed by atoms with van der Waals surface area (Å²) in [7, 11) is 3.07. The third-order valence-corrected chi connectivity index (χ3v) is 2.79. The maximum atomic E-state index is 12.0. The van der Waals surface area contributed by atoms with Crippen LogP contribution in [-0.4, -0.2) is 49.3 Å². The first-order valence-electron chi connectivity index (χ1n) is 5.35. The minimum absolute atomic E-state index is 0.130. The highest BCUT2D eigenvalue weighted by Crippen LogP contribution is 2.26. The molecule has 1 aromatic rings. The Kier molecular flexibility index (Phi) is 3.19. The summed E-state index contributed by atoms with van der Waals surface area (Å²) in [5.74, 6) is 0.993. The zero-order chi connectivity index (χ0) is 12.4. The predicted octanol–water partition coefficient (Wildman–Crippen LogP) is 0.521. The molecule has 1 amide bonds. The molecule has 1 aliphatic rings. The van der Waals surface area contributed by atoms with E-state index < -0.39 is 6.10 Å². The number of methoxy groups -OCH3 is 2. The minimum atomic E-state index is -0.400. The van der Waals surface area contributed by atoms with Crippen molar-refractivity contribution >= 4 is 5.91 Å². The SMILES string of the molecule is COc1ccc(C(=O)N2CC(O)C2)c(OC)c1. The summed E-state index contributed by atoms with van der Waals surface area (Å²) in [6, 6.07) is 5.06. The Morgan fingerprint density at radius 1 is 1.35 bits per heavy atom. The highest BCUT2D eigenvalue weighted by molar-refractivity contribution is 5.97. The average Bonchev–Trinajstić information content (AvgIpc) is 2.33. The molecule has 5 heteroatoms. The van der Waals surface area contributed by atoms with Crippen LogP contribution in [0.4, 0.5) is 0 Å². The number of ether oxygens (including phenoxy) is 2. The number of benzene rings is 1. The van der Waals surface area contributed by atoms with Crippen LogP contribution < -0.4 is 9.47 Å². The van der Waals surface area contributed by atoms with Crippen molar-refractivity contribution in [2.24, 2.45) is 0 Å². The van der Waals surface area contributed by atoms with E-state index in [0.29, 0.717) is 30.2 Å². The third-order valence-electron chi connectivity index (χ3n) is 2.79. The van der Waals surface area contributed by atoms with Gasteiger partial charge in [0.1, 0.15) is 11.5 Å². The summed E-state index contributed by atoms with van der Waals surface area (Å²) in [5, 5.41) is 9.18. The number of aliphatic hydroxyl groups is 1. The molecule has 2 rings (SSSR count). The summed E-state index contributed by atoms with van der Waals surface area (Å²) in [6.07, 6.45) is -0.400. The van der Waals surface area contributed by atoms with Crippen LogP contribution in [0.25, 0.3) is 0 Å². The van der Waals surface area contributed by atoms with E-state index in [1.54, 1.807) is 30.2 Å². The van der Waals surface area contributed by atoms with E-state index >= 15 is 0 Å². The topological polar surface area (TPSA) is 59.0 Å². The van der Waals surface area contributed by atoms with E-state index in [2.05, 4.69) is 0 Å². The van der Waals surface area contributed by atoms with Gasteiger partial charge in [-0.25, -0.2) is 0 Å². The maximum absolute atomic E-state index is 12.0. The van der Waals surface area contributed by atoms with E-state index in [9.17, 15) is 9.90 Å². The Bertz CT molecular complexity index is 427. The molecule has 1 N–H and O–H groups in total. The molecule has 0 spiro atoms. The number of hydrogen-bond acceptors (Lipinski definition) is 4. The van der Waals surface area contributed by atoms with Crippen molar-refractivity contribution in [3.8, 4) is 11.5 Å². The van der Waals surface area contributed by atoms with Crippen molar-refractivity contribution in [3.63, 3.8) is 0 Å². The summed E-state index contributed by atoms with van der Waals surface area (Å²) in [6.45, 7) is 0.766. The highest BCUT2D eigenvalue weighted by Gasteiger charge is 2.30. The van der Waals surface area contributed by atoms with E-state index in [1.807, 2.05) is 0 Å². The number of nitrogens with zero attached hydrogens (tertiary/aromatic N) is 1. The van der Waals surface area contributed by atoms with Crippen molar-refractivity contribution < 1.29 is 19.4 Å². The van der Waals surface area contributed by atoms with E-state index in [0.717, 1.165) is 0 Å². The minimum Gasteiger partial charge on any atom is -0.497 e. The molecule has 17 heavy (non-hydrogen) atoms. The number of hydrogen-bond donors (Lipinski definition) is 1. The smallest absolute Gasteiger partial charge is 0.257 e. The van der Waals surface area contributed by atoms with Crippen LogP contribution in [0, 0.1) is 0 Å². The van der Waals surface area contributed by atoms with Crippen molar-refractivity contribution in [2.45, 2.75) is 6.10 Å². The molecule has 1 saturated heterocycles. The van der Waals surface area contributed by atoms with Gasteiger partial charge in [0.2, 0.25) is 0 Å². The molecule has 1 fully saturated rings. The second kappa shape index (κ2) is 4.63. The zero-order valence-corrected chi connectivity index (χ0v) is 9.84. The van der Waals surface area contributed by atoms with Crippen molar-refractivity contribution in [3.05, 3.63) is 23.8 Å². The summed E-state index contributed by atoms with van der Waals surface area (Å²) in [4.78, 5) is 13.6. The number of β-amino-alcohol motifs (C(OH)–C–C–N with tert-alkyl or cyclic N) is 1. The molecule has 0 unspecified atom stereocenters. The summed E-state index contributed by atoms with van der Waals surface area (Å²) in [5.41, 5.74) is 0.486. The second-order valence-electron chi connectivity index (χ2n) is 3.93. The number of carbonyl (C=O) groups excluding carboxylic acids is 1. The third kappa shape index (κ3) is 2.19. The molecule has 5 nitrogen and oxygen atoms in total. The second-order valence-corrected chi connectivity index (χ2v) is 3.93. The maximum Gasteiger partial charge on any atom is 0.257 e. The van der Waals surface area contributed by atoms with Crippen LogP contribution >= 0.6 is 0 Å².